The van der Waals surface area contributed by atoms with Crippen LogP contribution in [0.4, 0.5) is 20.1 Å². The number of rotatable bonds is 10. The molecule has 3 aromatic rings. The van der Waals surface area contributed by atoms with Crippen LogP contribution < -0.4 is 5.32 Å². The normalized spacial score (nSPS) is 13.6. The Bertz CT molecular complexity index is 2130. The summed E-state index contributed by atoms with van der Waals surface area (Å²) in [6.45, 7) is 16.6. The van der Waals surface area contributed by atoms with E-state index in [0.29, 0.717) is 16.9 Å². The van der Waals surface area contributed by atoms with Gasteiger partial charge in [0.05, 0.1) is 17.2 Å². The van der Waals surface area contributed by atoms with Gasteiger partial charge in [-0.1, -0.05) is 24.3 Å². The smallest absolute Gasteiger partial charge is 0.436 e. The number of aromatic nitrogens is 2. The lowest BCUT2D eigenvalue weighted by atomic mass is 10.0. The molecule has 1 N–H and O–H groups in total. The summed E-state index contributed by atoms with van der Waals surface area (Å²) >= 11 is 0. The number of carbonyl (C=O) groups is 6. The van der Waals surface area contributed by atoms with Crippen LogP contribution in [-0.2, 0) is 54.5 Å². The zero-order valence-electron chi connectivity index (χ0n) is 36.1. The van der Waals surface area contributed by atoms with Gasteiger partial charge in [-0.25, -0.2) is 14.4 Å². The van der Waals surface area contributed by atoms with Gasteiger partial charge in [0.15, 0.2) is 5.84 Å². The molecule has 4 rings (SSSR count). The number of amides is 5. The molecule has 5 amide bonds. The van der Waals surface area contributed by atoms with Crippen molar-refractivity contribution in [3.63, 3.8) is 0 Å². The van der Waals surface area contributed by atoms with Gasteiger partial charge >= 0.3 is 24.2 Å². The predicted octanol–water partition coefficient (Wildman–Crippen LogP) is 6.13. The lowest BCUT2D eigenvalue weighted by Gasteiger charge is -2.30. The van der Waals surface area contributed by atoms with E-state index in [-0.39, 0.29) is 49.5 Å². The van der Waals surface area contributed by atoms with E-state index >= 15 is 0 Å². The molecule has 61 heavy (non-hydrogen) atoms. The Morgan fingerprint density at radius 2 is 1.41 bits per heavy atom. The van der Waals surface area contributed by atoms with E-state index in [1.54, 1.807) is 80.3 Å². The van der Waals surface area contributed by atoms with Crippen molar-refractivity contribution in [3.05, 3.63) is 92.8 Å². The number of carbonyl (C=O) groups excluding carboxylic acids is 6. The lowest BCUT2D eigenvalue weighted by molar-refractivity contribution is -0.384. The maximum absolute atomic E-state index is 14.2. The molecule has 1 aliphatic rings. The summed E-state index contributed by atoms with van der Waals surface area (Å²) in [5, 5.41) is 18.6. The second-order valence-electron chi connectivity index (χ2n) is 17.1. The summed E-state index contributed by atoms with van der Waals surface area (Å²) in [6, 6.07) is 9.82. The van der Waals surface area contributed by atoms with Crippen molar-refractivity contribution >= 4 is 47.6 Å². The van der Waals surface area contributed by atoms with Gasteiger partial charge in [0.2, 0.25) is 5.91 Å². The number of benzene rings is 2. The van der Waals surface area contributed by atoms with E-state index in [0.717, 1.165) is 11.3 Å². The molecule has 0 spiro atoms. The molecule has 0 unspecified atom stereocenters. The number of fused-ring (bicyclic) bond motifs is 1. The number of esters is 1. The minimum Gasteiger partial charge on any atom is -0.465 e. The number of non-ortho nitro benzene ring substituents is 1. The number of hydrogen-bond acceptors (Lipinski definition) is 13. The highest BCUT2D eigenvalue weighted by molar-refractivity contribution is 6.18. The molecule has 2 aromatic carbocycles. The minimum atomic E-state index is -1.20. The third-order valence-electron chi connectivity index (χ3n) is 8.36. The number of amidine groups is 1. The molecule has 328 valence electrons. The zero-order valence-corrected chi connectivity index (χ0v) is 36.1. The fourth-order valence-electron chi connectivity index (χ4n) is 5.88. The summed E-state index contributed by atoms with van der Waals surface area (Å²) in [6.07, 6.45) is -1.51. The van der Waals surface area contributed by atoms with Crippen molar-refractivity contribution in [1.82, 2.24) is 24.9 Å². The van der Waals surface area contributed by atoms with Crippen molar-refractivity contribution in [3.8, 4) is 0 Å². The molecule has 19 heteroatoms. The van der Waals surface area contributed by atoms with Gasteiger partial charge in [-0.05, 0) is 86.9 Å². The second-order valence-corrected chi connectivity index (χ2v) is 17.1. The maximum atomic E-state index is 14.2. The number of nitro benzene ring substituents is 1. The third-order valence-corrected chi connectivity index (χ3v) is 8.36. The van der Waals surface area contributed by atoms with Crippen molar-refractivity contribution in [1.29, 1.82) is 0 Å². The Balaban J connectivity index is 1.68. The van der Waals surface area contributed by atoms with E-state index in [2.05, 4.69) is 15.4 Å². The number of hydrogen-bond donors (Lipinski definition) is 1. The van der Waals surface area contributed by atoms with Crippen molar-refractivity contribution in [2.24, 2.45) is 4.99 Å². The molecule has 1 aromatic heterocycles. The Labute approximate surface area is 353 Å². The van der Waals surface area contributed by atoms with Crippen LogP contribution in [0.2, 0.25) is 0 Å². The first-order valence-electron chi connectivity index (χ1n) is 19.5. The van der Waals surface area contributed by atoms with Crippen LogP contribution in [0.5, 0.6) is 0 Å². The average molecular weight is 848 g/mol. The SMILES string of the molecule is CCOC(=O)Cn1cc2c(n1)CCN(C(=O)[C@H](Cc1ccc([N+](=O)[O-])cc1)NC(=O)c1ccc(C(=NC(=O)OC(C)(C)C)N(C(=O)OC(C)(C)C)C(=O)OC(C)(C)C)cc1)C2. The number of aliphatic imine (C=N–C) groups is 1. The Kier molecular flexibility index (Phi) is 14.8. The van der Waals surface area contributed by atoms with E-state index < -0.39 is 69.7 Å². The van der Waals surface area contributed by atoms with Gasteiger partial charge in [0, 0.05) is 61.0 Å². The van der Waals surface area contributed by atoms with Crippen LogP contribution in [0.1, 0.15) is 102 Å². The number of nitro groups is 1. The maximum Gasteiger partial charge on any atom is 0.436 e. The predicted molar refractivity (Wildman–Crippen MR) is 220 cm³/mol. The second kappa shape index (κ2) is 19.2. The van der Waals surface area contributed by atoms with E-state index in [4.69, 9.17) is 18.9 Å². The van der Waals surface area contributed by atoms with Gasteiger partial charge in [0.1, 0.15) is 29.4 Å². The Morgan fingerprint density at radius 3 is 1.93 bits per heavy atom. The number of imide groups is 1. The van der Waals surface area contributed by atoms with Crippen molar-refractivity contribution in [2.45, 2.75) is 118 Å². The first-order valence-corrected chi connectivity index (χ1v) is 19.5. The quantitative estimate of drug-likeness (QED) is 0.0605. The molecule has 0 radical (unpaired) electrons. The number of ether oxygens (including phenoxy) is 4. The highest BCUT2D eigenvalue weighted by atomic mass is 16.6. The van der Waals surface area contributed by atoms with Gasteiger partial charge in [-0.15, -0.1) is 0 Å². The molecular formula is C42H53N7O12. The fourth-order valence-corrected chi connectivity index (χ4v) is 5.88. The zero-order chi connectivity index (χ0) is 45.4. The summed E-state index contributed by atoms with van der Waals surface area (Å²) in [7, 11) is 0. The van der Waals surface area contributed by atoms with Crippen LogP contribution in [0, 0.1) is 10.1 Å². The van der Waals surface area contributed by atoms with Crippen LogP contribution in [0.25, 0.3) is 0 Å². The average Bonchev–Trinajstić information content (AvgIpc) is 3.53. The largest absolute Gasteiger partial charge is 0.465 e. The molecule has 0 bridgehead atoms. The van der Waals surface area contributed by atoms with E-state index in [1.165, 1.54) is 53.2 Å². The molecule has 0 fully saturated rings. The topological polar surface area (TPSA) is 231 Å². The number of nitrogens with zero attached hydrogens (tertiary/aromatic N) is 6. The van der Waals surface area contributed by atoms with E-state index in [1.807, 2.05) is 0 Å². The summed E-state index contributed by atoms with van der Waals surface area (Å²) < 4.78 is 22.9. The van der Waals surface area contributed by atoms with Gasteiger partial charge in [-0.3, -0.25) is 29.2 Å². The van der Waals surface area contributed by atoms with Gasteiger partial charge < -0.3 is 29.2 Å². The first-order chi connectivity index (χ1) is 28.3. The molecule has 0 saturated heterocycles. The van der Waals surface area contributed by atoms with Crippen LogP contribution in [-0.4, -0.2) is 102 Å². The highest BCUT2D eigenvalue weighted by Crippen LogP contribution is 2.23. The van der Waals surface area contributed by atoms with Crippen LogP contribution in [0.15, 0.2) is 59.7 Å². The molecule has 0 aliphatic carbocycles. The van der Waals surface area contributed by atoms with Crippen LogP contribution >= 0.6 is 0 Å². The van der Waals surface area contributed by atoms with Crippen molar-refractivity contribution in [2.75, 3.05) is 13.2 Å². The molecule has 2 heterocycles. The van der Waals surface area contributed by atoms with Crippen molar-refractivity contribution < 1.29 is 52.6 Å². The standard InChI is InChI=1S/C42H53N7O12/c1-11-58-33(50)25-47-24-29-23-46(21-20-31(29)45-47)36(52)32(22-26-12-18-30(19-13-26)49(56)57)43-35(51)28-16-14-27(15-17-28)34(44-37(53)59-40(2,3)4)48(38(54)60-41(5,6)7)39(55)61-42(8,9)10/h12-19,24,32H,11,20-23,25H2,1-10H3,(H,43,51)/t32-/m0/s1. The molecule has 1 atom stereocenters. The van der Waals surface area contributed by atoms with Crippen LogP contribution in [0.3, 0.4) is 0 Å². The Morgan fingerprint density at radius 1 is 0.852 bits per heavy atom. The fraction of sp³-hybridized carbons (Fsp3) is 0.476. The number of nitrogens with one attached hydrogen (secondary N) is 1. The summed E-state index contributed by atoms with van der Waals surface area (Å²) in [4.78, 5) is 97.3. The monoisotopic (exact) mass is 847 g/mol. The summed E-state index contributed by atoms with van der Waals surface area (Å²) in [5.41, 5.74) is -1.28. The highest BCUT2D eigenvalue weighted by Gasteiger charge is 2.37. The van der Waals surface area contributed by atoms with Gasteiger partial charge in [0.25, 0.3) is 11.6 Å². The summed E-state index contributed by atoms with van der Waals surface area (Å²) in [5.74, 6) is -2.09. The van der Waals surface area contributed by atoms with E-state index in [9.17, 15) is 38.9 Å². The van der Waals surface area contributed by atoms with Gasteiger partial charge in [-0.2, -0.15) is 15.0 Å². The first kappa shape index (κ1) is 47.0. The molecule has 19 nitrogen and oxygen atoms in total. The molecule has 1 aliphatic heterocycles. The Hall–Kier alpha value is -6.66. The molecular weight excluding hydrogens is 794 g/mol. The third kappa shape index (κ3) is 14.0. The molecule has 0 saturated carbocycles. The lowest BCUT2D eigenvalue weighted by Crippen LogP contribution is -2.50. The minimum absolute atomic E-state index is 0.0188.